The Morgan fingerprint density at radius 3 is 2.75 bits per heavy atom. The summed E-state index contributed by atoms with van der Waals surface area (Å²) in [5.41, 5.74) is 8.65. The summed E-state index contributed by atoms with van der Waals surface area (Å²) in [5, 5.41) is 19.0. The van der Waals surface area contributed by atoms with E-state index in [4.69, 9.17) is 10.2 Å². The smallest absolute Gasteiger partial charge is 0.219 e. The first-order valence-corrected chi connectivity index (χ1v) is 13.7. The molecule has 1 aliphatic carbocycles. The van der Waals surface area contributed by atoms with Gasteiger partial charge in [0.25, 0.3) is 0 Å². The number of aromatic nitrogens is 2. The van der Waals surface area contributed by atoms with Crippen molar-refractivity contribution in [1.29, 1.82) is 5.26 Å². The van der Waals surface area contributed by atoms with Crippen molar-refractivity contribution in [3.05, 3.63) is 80.6 Å². The van der Waals surface area contributed by atoms with Gasteiger partial charge in [-0.1, -0.05) is 51.2 Å². The average molecular weight is 583 g/mol. The first kappa shape index (κ1) is 24.5. The van der Waals surface area contributed by atoms with Gasteiger partial charge in [-0.2, -0.15) is 5.26 Å². The van der Waals surface area contributed by atoms with Gasteiger partial charge in [-0.3, -0.25) is 14.5 Å². The van der Waals surface area contributed by atoms with Gasteiger partial charge in [0.15, 0.2) is 15.9 Å². The van der Waals surface area contributed by atoms with E-state index in [0.29, 0.717) is 51.4 Å². The van der Waals surface area contributed by atoms with E-state index < -0.39 is 5.92 Å². The molecule has 2 aliphatic rings. The molecule has 0 saturated heterocycles. The molecule has 1 unspecified atom stereocenters. The average Bonchev–Trinajstić information content (AvgIpc) is 3.51. The number of nitrogens with two attached hydrogens (primary N) is 1. The molecule has 3 aromatic rings. The predicted molar refractivity (Wildman–Crippen MR) is 140 cm³/mol. The minimum Gasteiger partial charge on any atom is -0.465 e. The number of benzene rings is 1. The third kappa shape index (κ3) is 4.52. The van der Waals surface area contributed by atoms with Gasteiger partial charge in [0.1, 0.15) is 17.3 Å². The van der Waals surface area contributed by atoms with Crippen molar-refractivity contribution < 1.29 is 14.0 Å². The predicted octanol–water partition coefficient (Wildman–Crippen LogP) is 5.48. The summed E-state index contributed by atoms with van der Waals surface area (Å²) in [6, 6.07) is 13.0. The molecule has 1 aromatic carbocycles. The van der Waals surface area contributed by atoms with Gasteiger partial charge in [0.05, 0.1) is 23.3 Å². The quantitative estimate of drug-likeness (QED) is 0.297. The molecular weight excluding hydrogens is 562 g/mol. The second kappa shape index (κ2) is 10.0. The van der Waals surface area contributed by atoms with Gasteiger partial charge in [-0.15, -0.1) is 10.2 Å². The van der Waals surface area contributed by atoms with Gasteiger partial charge in [-0.05, 0) is 44.0 Å². The highest BCUT2D eigenvalue weighted by Gasteiger charge is 2.42. The molecule has 0 amide bonds. The van der Waals surface area contributed by atoms with Gasteiger partial charge >= 0.3 is 0 Å². The minimum atomic E-state index is -0.645. The number of carbonyl (C=O) groups is 2. The summed E-state index contributed by atoms with van der Waals surface area (Å²) < 4.78 is 7.33. The number of rotatable bonds is 6. The zero-order chi connectivity index (χ0) is 25.4. The van der Waals surface area contributed by atoms with Crippen LogP contribution >= 0.6 is 39.0 Å². The number of carbonyl (C=O) groups excluding carboxylic acids is 2. The summed E-state index contributed by atoms with van der Waals surface area (Å²) in [6.07, 6.45) is 1.69. The van der Waals surface area contributed by atoms with Crippen LogP contribution in [0.4, 0.5) is 5.13 Å². The summed E-state index contributed by atoms with van der Waals surface area (Å²) in [7, 11) is 0. The number of halogens is 1. The number of nitriles is 1. The van der Waals surface area contributed by atoms with E-state index in [1.807, 2.05) is 25.1 Å². The molecule has 8 nitrogen and oxygen atoms in total. The lowest BCUT2D eigenvalue weighted by Crippen LogP contribution is -2.38. The summed E-state index contributed by atoms with van der Waals surface area (Å²) in [5.74, 6) is 0.938. The maximum absolute atomic E-state index is 13.1. The van der Waals surface area contributed by atoms with Crippen LogP contribution in [-0.4, -0.2) is 27.5 Å². The number of aryl methyl sites for hydroxylation is 1. The molecule has 2 aromatic heterocycles. The van der Waals surface area contributed by atoms with Crippen molar-refractivity contribution >= 4 is 55.7 Å². The topological polar surface area (TPSA) is 126 Å². The molecule has 5 rings (SSSR count). The summed E-state index contributed by atoms with van der Waals surface area (Å²) in [4.78, 5) is 27.4. The second-order valence-electron chi connectivity index (χ2n) is 8.33. The number of allylic oxidation sites excluding steroid dienone is 3. The molecule has 182 valence electrons. The number of furan rings is 1. The molecule has 1 atom stereocenters. The first-order chi connectivity index (χ1) is 17.4. The van der Waals surface area contributed by atoms with Crippen molar-refractivity contribution in [2.24, 2.45) is 5.73 Å². The Hall–Kier alpha value is -3.20. The summed E-state index contributed by atoms with van der Waals surface area (Å²) >= 11 is 5.92. The van der Waals surface area contributed by atoms with Crippen molar-refractivity contribution in [2.75, 3.05) is 10.7 Å². The van der Waals surface area contributed by atoms with E-state index in [0.717, 1.165) is 10.2 Å². The Morgan fingerprint density at radius 2 is 2.06 bits per heavy atom. The second-order valence-corrected chi connectivity index (χ2v) is 11.4. The van der Waals surface area contributed by atoms with Crippen LogP contribution in [-0.2, 0) is 4.79 Å². The van der Waals surface area contributed by atoms with E-state index in [9.17, 15) is 14.9 Å². The molecule has 2 N–H and O–H groups in total. The molecule has 0 saturated carbocycles. The zero-order valence-electron chi connectivity index (χ0n) is 19.2. The van der Waals surface area contributed by atoms with E-state index >= 15 is 0 Å². The van der Waals surface area contributed by atoms with Crippen LogP contribution in [0.5, 0.6) is 0 Å². The molecule has 0 bridgehead atoms. The van der Waals surface area contributed by atoms with Crippen molar-refractivity contribution in [2.45, 2.75) is 36.4 Å². The Balaban J connectivity index is 1.46. The highest BCUT2D eigenvalue weighted by molar-refractivity contribution is 9.10. The number of anilines is 1. The largest absolute Gasteiger partial charge is 0.465 e. The number of thioether (sulfide) groups is 1. The maximum atomic E-state index is 13.1. The van der Waals surface area contributed by atoms with E-state index in [-0.39, 0.29) is 28.7 Å². The highest BCUT2D eigenvalue weighted by atomic mass is 79.9. The lowest BCUT2D eigenvalue weighted by molar-refractivity contribution is -0.116. The van der Waals surface area contributed by atoms with E-state index in [2.05, 4.69) is 32.2 Å². The van der Waals surface area contributed by atoms with Crippen LogP contribution < -0.4 is 10.6 Å². The lowest BCUT2D eigenvalue weighted by Gasteiger charge is -2.37. The fraction of sp³-hybridized carbons (Fsp3) is 0.240. The Labute approximate surface area is 224 Å². The SMILES string of the molecule is Cc1ccc(C2C(C#N)=C(N)N(c3nnc(SCC(=O)c4ccc(Br)cc4)s3)C3=C2C(=O)CCC3)o1. The lowest BCUT2D eigenvalue weighted by atomic mass is 9.78. The fourth-order valence-electron chi connectivity index (χ4n) is 4.40. The number of hydrogen-bond donors (Lipinski definition) is 1. The van der Waals surface area contributed by atoms with Crippen molar-refractivity contribution in [3.63, 3.8) is 0 Å². The van der Waals surface area contributed by atoms with Crippen molar-refractivity contribution in [3.8, 4) is 6.07 Å². The Kier molecular flexibility index (Phi) is 6.83. The van der Waals surface area contributed by atoms with Gasteiger partial charge in [-0.25, -0.2) is 0 Å². The monoisotopic (exact) mass is 581 g/mol. The molecular formula is C25H20BrN5O3S2. The number of ketones is 2. The van der Waals surface area contributed by atoms with Crippen LogP contribution in [0.15, 0.2) is 72.3 Å². The number of hydrogen-bond acceptors (Lipinski definition) is 10. The minimum absolute atomic E-state index is 0.0205. The number of nitrogens with zero attached hydrogens (tertiary/aromatic N) is 4. The molecule has 0 fully saturated rings. The highest BCUT2D eigenvalue weighted by Crippen LogP contribution is 2.47. The van der Waals surface area contributed by atoms with Crippen LogP contribution in [0.3, 0.4) is 0 Å². The molecule has 1 aliphatic heterocycles. The van der Waals surface area contributed by atoms with Crippen LogP contribution in [0.25, 0.3) is 0 Å². The van der Waals surface area contributed by atoms with Gasteiger partial charge in [0, 0.05) is 27.7 Å². The van der Waals surface area contributed by atoms with Crippen LogP contribution in [0.2, 0.25) is 0 Å². The fourth-order valence-corrected chi connectivity index (χ4v) is 6.44. The van der Waals surface area contributed by atoms with Crippen LogP contribution in [0.1, 0.15) is 47.1 Å². The van der Waals surface area contributed by atoms with E-state index in [1.165, 1.54) is 23.1 Å². The van der Waals surface area contributed by atoms with Crippen LogP contribution in [0, 0.1) is 18.3 Å². The molecule has 0 spiro atoms. The Morgan fingerprint density at radius 1 is 1.28 bits per heavy atom. The van der Waals surface area contributed by atoms with E-state index in [1.54, 1.807) is 23.1 Å². The zero-order valence-corrected chi connectivity index (χ0v) is 22.4. The molecule has 11 heteroatoms. The molecule has 3 heterocycles. The maximum Gasteiger partial charge on any atom is 0.219 e. The van der Waals surface area contributed by atoms with Gasteiger partial charge in [0.2, 0.25) is 5.13 Å². The van der Waals surface area contributed by atoms with Gasteiger partial charge < -0.3 is 10.2 Å². The normalized spacial score (nSPS) is 17.9. The third-order valence-corrected chi connectivity index (χ3v) is 8.61. The number of Topliss-reactive ketones (excluding diaryl/α,β-unsaturated/α-hetero) is 2. The Bertz CT molecular complexity index is 1470. The summed E-state index contributed by atoms with van der Waals surface area (Å²) in [6.45, 7) is 1.82. The third-order valence-electron chi connectivity index (χ3n) is 6.04. The standard InChI is InChI=1S/C25H20BrN5O3S2/c1-13-5-10-20(34-13)21-16(11-27)23(28)31(17-3-2-4-18(32)22(17)21)24-29-30-25(36-24)35-12-19(33)14-6-8-15(26)9-7-14/h5-10,21H,2-4,12,28H2,1H3. The molecule has 36 heavy (non-hydrogen) atoms. The van der Waals surface area contributed by atoms with Crippen molar-refractivity contribution in [1.82, 2.24) is 10.2 Å². The first-order valence-electron chi connectivity index (χ1n) is 11.1. The molecule has 0 radical (unpaired) electrons.